The zero-order chi connectivity index (χ0) is 15.7. The number of fused-ring (bicyclic) bond motifs is 1. The molecule has 0 spiro atoms. The molecule has 2 heterocycles. The third kappa shape index (κ3) is 2.81. The van der Waals surface area contributed by atoms with Crippen molar-refractivity contribution in [3.05, 3.63) is 28.8 Å². The number of hydrogen-bond donors (Lipinski definition) is 0. The summed E-state index contributed by atoms with van der Waals surface area (Å²) in [6.07, 6.45) is 1.83. The Morgan fingerprint density at radius 1 is 1.23 bits per heavy atom. The normalized spacial score (nSPS) is 16.8. The molecule has 0 aliphatic carbocycles. The van der Waals surface area contributed by atoms with Gasteiger partial charge in [-0.3, -0.25) is 4.99 Å². The van der Waals surface area contributed by atoms with Gasteiger partial charge in [0.05, 0.1) is 5.52 Å². The van der Waals surface area contributed by atoms with Gasteiger partial charge in [0, 0.05) is 42.8 Å². The second kappa shape index (κ2) is 6.23. The molecule has 0 amide bonds. The summed E-state index contributed by atoms with van der Waals surface area (Å²) < 4.78 is 0. The molecule has 2 aromatic rings. The van der Waals surface area contributed by atoms with Gasteiger partial charge >= 0.3 is 0 Å². The predicted molar refractivity (Wildman–Crippen MR) is 95.0 cm³/mol. The lowest BCUT2D eigenvalue weighted by Crippen LogP contribution is -2.44. The van der Waals surface area contributed by atoms with Crippen molar-refractivity contribution in [1.82, 2.24) is 9.88 Å². The second-order valence-electron chi connectivity index (χ2n) is 5.75. The molecule has 1 saturated heterocycles. The lowest BCUT2D eigenvalue weighted by molar-refractivity contribution is 0.312. The highest BCUT2D eigenvalue weighted by Gasteiger charge is 2.20. The second-order valence-corrected chi connectivity index (χ2v) is 6.18. The van der Waals surface area contributed by atoms with Gasteiger partial charge in [0.2, 0.25) is 0 Å². The van der Waals surface area contributed by atoms with Gasteiger partial charge in [0.15, 0.2) is 5.82 Å². The van der Waals surface area contributed by atoms with Crippen LogP contribution >= 0.6 is 11.6 Å². The Morgan fingerprint density at radius 2 is 1.95 bits per heavy atom. The number of halogens is 1. The van der Waals surface area contributed by atoms with Crippen LogP contribution in [0.2, 0.25) is 5.02 Å². The molecule has 0 N–H and O–H groups in total. The lowest BCUT2D eigenvalue weighted by Gasteiger charge is -2.34. The van der Waals surface area contributed by atoms with Gasteiger partial charge < -0.3 is 9.80 Å². The average Bonchev–Trinajstić information content (AvgIpc) is 2.51. The number of nitrogens with zero attached hydrogens (tertiary/aromatic N) is 4. The van der Waals surface area contributed by atoms with Crippen molar-refractivity contribution in [3.63, 3.8) is 0 Å². The minimum absolute atomic E-state index is 0.733. The van der Waals surface area contributed by atoms with Gasteiger partial charge in [-0.05, 0) is 44.7 Å². The Labute approximate surface area is 136 Å². The smallest absolute Gasteiger partial charge is 0.155 e. The van der Waals surface area contributed by atoms with Gasteiger partial charge in [0.1, 0.15) is 5.69 Å². The first-order valence-electron chi connectivity index (χ1n) is 7.62. The van der Waals surface area contributed by atoms with Crippen LogP contribution in [0.1, 0.15) is 12.5 Å². The number of piperazine rings is 1. The fraction of sp³-hybridized carbons (Fsp3) is 0.412. The summed E-state index contributed by atoms with van der Waals surface area (Å²) in [6, 6.07) is 5.86. The number of anilines is 1. The summed E-state index contributed by atoms with van der Waals surface area (Å²) in [5.41, 5.74) is 3.08. The highest BCUT2D eigenvalue weighted by Crippen LogP contribution is 2.36. The van der Waals surface area contributed by atoms with Gasteiger partial charge in [-0.15, -0.1) is 0 Å². The van der Waals surface area contributed by atoms with Crippen LogP contribution in [-0.2, 0) is 0 Å². The predicted octanol–water partition coefficient (Wildman–Crippen LogP) is 3.67. The number of aliphatic imine (C=N–C) groups is 1. The molecule has 1 aromatic heterocycles. The van der Waals surface area contributed by atoms with Gasteiger partial charge in [-0.25, -0.2) is 4.98 Å². The van der Waals surface area contributed by atoms with E-state index in [1.807, 2.05) is 31.3 Å². The Kier molecular flexibility index (Phi) is 4.32. The Hall–Kier alpha value is -1.65. The maximum atomic E-state index is 6.14. The summed E-state index contributed by atoms with van der Waals surface area (Å²) in [7, 11) is 2.16. The molecule has 0 saturated carbocycles. The molecule has 0 radical (unpaired) electrons. The number of hydrogen-bond acceptors (Lipinski definition) is 4. The summed E-state index contributed by atoms with van der Waals surface area (Å²) in [4.78, 5) is 14.2. The summed E-state index contributed by atoms with van der Waals surface area (Å²) in [5, 5.41) is 1.81. The lowest BCUT2D eigenvalue weighted by atomic mass is 10.1. The van der Waals surface area contributed by atoms with Crippen LogP contribution in [0.3, 0.4) is 0 Å². The van der Waals surface area contributed by atoms with Gasteiger partial charge in [-0.1, -0.05) is 11.6 Å². The van der Waals surface area contributed by atoms with Crippen LogP contribution in [0.25, 0.3) is 10.9 Å². The molecule has 3 rings (SSSR count). The number of benzene rings is 1. The van der Waals surface area contributed by atoms with E-state index in [1.54, 1.807) is 0 Å². The first kappa shape index (κ1) is 15.3. The molecular weight excluding hydrogens is 296 g/mol. The van der Waals surface area contributed by atoms with Crippen molar-refractivity contribution in [1.29, 1.82) is 0 Å². The van der Waals surface area contributed by atoms with Crippen molar-refractivity contribution < 1.29 is 0 Å². The molecule has 4 nitrogen and oxygen atoms in total. The summed E-state index contributed by atoms with van der Waals surface area (Å²) >= 11 is 6.14. The minimum atomic E-state index is 0.733. The van der Waals surface area contributed by atoms with E-state index in [0.717, 1.165) is 59.2 Å². The molecule has 0 atom stereocenters. The van der Waals surface area contributed by atoms with E-state index in [0.29, 0.717) is 0 Å². The van der Waals surface area contributed by atoms with E-state index < -0.39 is 0 Å². The molecule has 1 aliphatic heterocycles. The molecule has 1 aromatic carbocycles. The molecule has 0 unspecified atom stereocenters. The maximum absolute atomic E-state index is 6.14. The SMILES string of the molecule is CC=Nc1c(N2CCN(C)CC2)nc2ccc(Cl)cc2c1C. The van der Waals surface area contributed by atoms with E-state index in [2.05, 4.69) is 28.8 Å². The number of aromatic nitrogens is 1. The Morgan fingerprint density at radius 3 is 2.64 bits per heavy atom. The van der Waals surface area contributed by atoms with Crippen LogP contribution in [0, 0.1) is 6.92 Å². The third-order valence-electron chi connectivity index (χ3n) is 4.22. The van der Waals surface area contributed by atoms with Crippen molar-refractivity contribution >= 4 is 40.2 Å². The van der Waals surface area contributed by atoms with E-state index in [-0.39, 0.29) is 0 Å². The van der Waals surface area contributed by atoms with Crippen molar-refractivity contribution in [2.45, 2.75) is 13.8 Å². The molecule has 0 bridgehead atoms. The highest BCUT2D eigenvalue weighted by atomic mass is 35.5. The topological polar surface area (TPSA) is 31.7 Å². The first-order chi connectivity index (χ1) is 10.6. The van der Waals surface area contributed by atoms with Crippen LogP contribution in [-0.4, -0.2) is 49.3 Å². The summed E-state index contributed by atoms with van der Waals surface area (Å²) in [6.45, 7) is 8.10. The molecular formula is C17H21ClN4. The zero-order valence-corrected chi connectivity index (χ0v) is 14.1. The fourth-order valence-corrected chi connectivity index (χ4v) is 3.06. The number of likely N-dealkylation sites (N-methyl/N-ethyl adjacent to an activating group) is 1. The highest BCUT2D eigenvalue weighted by molar-refractivity contribution is 6.31. The van der Waals surface area contributed by atoms with Crippen LogP contribution in [0.4, 0.5) is 11.5 Å². The van der Waals surface area contributed by atoms with E-state index >= 15 is 0 Å². The van der Waals surface area contributed by atoms with E-state index in [4.69, 9.17) is 16.6 Å². The first-order valence-corrected chi connectivity index (χ1v) is 8.00. The number of rotatable bonds is 2. The monoisotopic (exact) mass is 316 g/mol. The molecule has 1 fully saturated rings. The molecule has 1 aliphatic rings. The van der Waals surface area contributed by atoms with Gasteiger partial charge in [-0.2, -0.15) is 0 Å². The van der Waals surface area contributed by atoms with Crippen molar-refractivity contribution in [3.8, 4) is 0 Å². The largest absolute Gasteiger partial charge is 0.352 e. The zero-order valence-electron chi connectivity index (χ0n) is 13.3. The van der Waals surface area contributed by atoms with Crippen molar-refractivity contribution in [2.75, 3.05) is 38.1 Å². The van der Waals surface area contributed by atoms with Gasteiger partial charge in [0.25, 0.3) is 0 Å². The van der Waals surface area contributed by atoms with E-state index in [9.17, 15) is 0 Å². The third-order valence-corrected chi connectivity index (χ3v) is 4.45. The average molecular weight is 317 g/mol. The van der Waals surface area contributed by atoms with Crippen LogP contribution in [0.5, 0.6) is 0 Å². The Balaban J connectivity index is 2.15. The van der Waals surface area contributed by atoms with Crippen LogP contribution in [0.15, 0.2) is 23.2 Å². The molecule has 116 valence electrons. The summed E-state index contributed by atoms with van der Waals surface area (Å²) in [5.74, 6) is 0.985. The van der Waals surface area contributed by atoms with Crippen molar-refractivity contribution in [2.24, 2.45) is 4.99 Å². The maximum Gasteiger partial charge on any atom is 0.155 e. The number of pyridine rings is 1. The Bertz CT molecular complexity index is 718. The van der Waals surface area contributed by atoms with Crippen LogP contribution < -0.4 is 4.90 Å². The quantitative estimate of drug-likeness (QED) is 0.792. The van der Waals surface area contributed by atoms with E-state index in [1.165, 1.54) is 0 Å². The number of aryl methyl sites for hydroxylation is 1. The molecule has 5 heteroatoms. The minimum Gasteiger partial charge on any atom is -0.352 e. The fourth-order valence-electron chi connectivity index (χ4n) is 2.89. The standard InChI is InChI=1S/C17H21ClN4/c1-4-19-16-12(2)14-11-13(18)5-6-15(14)20-17(16)22-9-7-21(3)8-10-22/h4-6,11H,7-10H2,1-3H3. The molecule has 22 heavy (non-hydrogen) atoms.